The number of halogens is 1. The molecule has 4 aromatic rings. The molecule has 12 nitrogen and oxygen atoms in total. The molecule has 2 spiro atoms. The summed E-state index contributed by atoms with van der Waals surface area (Å²) in [4.78, 5) is 57.2. The number of imide groups is 2. The van der Waals surface area contributed by atoms with Gasteiger partial charge in [0.15, 0.2) is 0 Å². The van der Waals surface area contributed by atoms with Gasteiger partial charge in [-0.05, 0) is 174 Å². The molecule has 8 aliphatic rings. The number of aryl methyl sites for hydroxylation is 2. The van der Waals surface area contributed by atoms with Crippen molar-refractivity contribution in [2.24, 2.45) is 0 Å². The van der Waals surface area contributed by atoms with Crippen LogP contribution in [0, 0.1) is 17.4 Å². The number of para-hydroxylation sites is 1. The minimum Gasteiger partial charge on any atom is -0.387 e. The van der Waals surface area contributed by atoms with Crippen LogP contribution in [0.1, 0.15) is 84.7 Å². The number of hydrogen-bond donors (Lipinski definition) is 5. The van der Waals surface area contributed by atoms with E-state index >= 15 is 0 Å². The summed E-state index contributed by atoms with van der Waals surface area (Å²) < 4.78 is 1.29. The molecule has 0 unspecified atom stereocenters. The van der Waals surface area contributed by atoms with Crippen molar-refractivity contribution in [2.45, 2.75) is 123 Å². The summed E-state index contributed by atoms with van der Waals surface area (Å²) in [5.41, 5.74) is 3.03. The van der Waals surface area contributed by atoms with Crippen LogP contribution >= 0.6 is 22.6 Å². The Bertz CT molecular complexity index is 2600. The molecule has 13 heteroatoms. The Kier molecular flexibility index (Phi) is 10.7. The minimum absolute atomic E-state index is 0.0150. The largest absolute Gasteiger partial charge is 0.387 e. The second-order valence-corrected chi connectivity index (χ2v) is 21.6. The molecule has 4 aromatic carbocycles. The van der Waals surface area contributed by atoms with Gasteiger partial charge in [-0.25, -0.2) is 14.5 Å². The van der Waals surface area contributed by atoms with E-state index in [0.717, 1.165) is 49.9 Å². The van der Waals surface area contributed by atoms with Crippen LogP contribution in [0.5, 0.6) is 0 Å². The van der Waals surface area contributed by atoms with E-state index in [1.165, 1.54) is 30.7 Å². The van der Waals surface area contributed by atoms with Crippen LogP contribution in [0.2, 0.25) is 0 Å². The van der Waals surface area contributed by atoms with Crippen LogP contribution in [0.4, 0.5) is 15.3 Å². The number of nitrogens with zero attached hydrogens (tertiary/aromatic N) is 3. The van der Waals surface area contributed by atoms with Gasteiger partial charge < -0.3 is 30.6 Å². The van der Waals surface area contributed by atoms with Gasteiger partial charge in [0.25, 0.3) is 11.8 Å². The predicted molar refractivity (Wildman–Crippen MR) is 257 cm³/mol. The highest BCUT2D eigenvalue weighted by Gasteiger charge is 2.71. The molecule has 340 valence electrons. The number of carbonyl (C=O) groups is 4. The lowest BCUT2D eigenvalue weighted by Gasteiger charge is -2.65. The number of fused-ring (bicyclic) bond motifs is 2. The molecule has 5 N–H and O–H groups in total. The molecule has 4 heterocycles. The maximum absolute atomic E-state index is 13.8. The molecule has 0 radical (unpaired) electrons. The Morgan fingerprint density at radius 2 is 1.11 bits per heavy atom. The molecule has 2 saturated carbocycles. The molecule has 4 saturated heterocycles. The van der Waals surface area contributed by atoms with Gasteiger partial charge in [0.2, 0.25) is 0 Å². The smallest absolute Gasteiger partial charge is 0.329 e. The molecule has 65 heavy (non-hydrogen) atoms. The first-order valence-electron chi connectivity index (χ1n) is 23.1. The van der Waals surface area contributed by atoms with Gasteiger partial charge in [-0.2, -0.15) is 0 Å². The number of carbonyl (C=O) groups excluding carboxylic acids is 4. The molecule has 4 aliphatic heterocycles. The summed E-state index contributed by atoms with van der Waals surface area (Å²) in [7, 11) is 4.18. The summed E-state index contributed by atoms with van der Waals surface area (Å²) in [5.74, 6) is -0.436. The average molecular weight is 991 g/mol. The van der Waals surface area contributed by atoms with Crippen LogP contribution in [0.25, 0.3) is 0 Å². The van der Waals surface area contributed by atoms with E-state index in [2.05, 4.69) is 125 Å². The summed E-state index contributed by atoms with van der Waals surface area (Å²) in [5, 5.41) is 32.7. The normalized spacial score (nSPS) is 35.3. The Balaban J connectivity index is 0.000000135. The molecular weight excluding hydrogens is 932 g/mol. The van der Waals surface area contributed by atoms with E-state index in [1.807, 2.05) is 36.4 Å². The summed E-state index contributed by atoms with van der Waals surface area (Å²) in [6, 6.07) is 31.6. The highest BCUT2D eigenvalue weighted by molar-refractivity contribution is 14.1. The minimum atomic E-state index is -0.988. The van der Waals surface area contributed by atoms with E-state index in [9.17, 15) is 29.4 Å². The number of aliphatic hydroxyl groups is 2. The quantitative estimate of drug-likeness (QED) is 0.112. The first-order chi connectivity index (χ1) is 31.0. The first-order valence-corrected chi connectivity index (χ1v) is 24.2. The number of urea groups is 2. The summed E-state index contributed by atoms with van der Waals surface area (Å²) in [6.07, 6.45) is 6.04. The van der Waals surface area contributed by atoms with Gasteiger partial charge in [-0.3, -0.25) is 14.9 Å². The van der Waals surface area contributed by atoms with E-state index in [4.69, 9.17) is 0 Å². The molecule has 0 aromatic heterocycles. The van der Waals surface area contributed by atoms with Crippen molar-refractivity contribution in [3.05, 3.63) is 134 Å². The van der Waals surface area contributed by atoms with Gasteiger partial charge in [0, 0.05) is 26.5 Å². The Morgan fingerprint density at radius 1 is 0.615 bits per heavy atom. The lowest BCUT2D eigenvalue weighted by molar-refractivity contribution is -0.175. The standard InChI is InChI=1S/C26H29N3O3.C20H25N3O3.C6H5I/c1-17-8-9-18-15-21-26(32)11-10-25(16-24(26,20(18)14-17)12-13-28(21)2)22(30)29(23(31)27-25)19-6-4-3-5-7-19;1-12-3-4-13-10-15-20(26)6-5-19(16(24)21-17(25)22-19)11-18(20,14(13)9-12)7-8-23(15)2;7-6-4-2-1-3-5-6/h3-9,14,21,32H,10-13,15-16H2,1-2H3,(H,27,31);3-4,9,15,26H,5-8,10-11H2,1-2H3,(H2,21,22,24,25);1-5H/t21-,24-,25+,26-;15-,18-,19+,20-;/m11./s1. The maximum atomic E-state index is 13.8. The van der Waals surface area contributed by atoms with Crippen molar-refractivity contribution in [3.63, 3.8) is 0 Å². The lowest BCUT2D eigenvalue weighted by atomic mass is 9.46. The zero-order valence-corrected chi connectivity index (χ0v) is 39.8. The number of amides is 6. The van der Waals surface area contributed by atoms with Crippen LogP contribution in [-0.2, 0) is 33.3 Å². The molecule has 6 amide bonds. The molecular formula is C52H59IN6O6. The van der Waals surface area contributed by atoms with Crippen molar-refractivity contribution in [2.75, 3.05) is 32.1 Å². The third-order valence-electron chi connectivity index (χ3n) is 17.0. The topological polar surface area (TPSA) is 155 Å². The molecule has 6 fully saturated rings. The Labute approximate surface area is 394 Å². The van der Waals surface area contributed by atoms with Crippen molar-refractivity contribution >= 4 is 52.2 Å². The highest BCUT2D eigenvalue weighted by Crippen LogP contribution is 2.62. The number of hydrogen-bond acceptors (Lipinski definition) is 8. The number of likely N-dealkylation sites (N-methyl/N-ethyl adjacent to an activating group) is 2. The van der Waals surface area contributed by atoms with Gasteiger partial charge in [0.1, 0.15) is 11.1 Å². The second kappa shape index (κ2) is 15.7. The van der Waals surface area contributed by atoms with Gasteiger partial charge >= 0.3 is 12.1 Å². The van der Waals surface area contributed by atoms with Crippen molar-refractivity contribution in [1.29, 1.82) is 0 Å². The number of anilines is 1. The lowest BCUT2D eigenvalue weighted by Crippen LogP contribution is -2.75. The number of likely N-dealkylation sites (tertiary alicyclic amines) is 2. The van der Waals surface area contributed by atoms with Crippen molar-refractivity contribution in [1.82, 2.24) is 25.8 Å². The zero-order chi connectivity index (χ0) is 45.7. The van der Waals surface area contributed by atoms with E-state index < -0.39 is 39.1 Å². The molecule has 4 bridgehead atoms. The van der Waals surface area contributed by atoms with Crippen LogP contribution < -0.4 is 20.9 Å². The fourth-order valence-electron chi connectivity index (χ4n) is 13.7. The van der Waals surface area contributed by atoms with Crippen LogP contribution in [0.3, 0.4) is 0 Å². The predicted octanol–water partition coefficient (Wildman–Crippen LogP) is 6.18. The van der Waals surface area contributed by atoms with E-state index in [-0.39, 0.29) is 29.9 Å². The summed E-state index contributed by atoms with van der Waals surface area (Å²) >= 11 is 2.28. The van der Waals surface area contributed by atoms with Gasteiger partial charge in [0.05, 0.1) is 16.9 Å². The fourth-order valence-corrected chi connectivity index (χ4v) is 14.2. The SMILES string of the molecule is Cc1ccc2c(c1)[C@]13CCN(C)[C@H](C2)[C@]1(O)CC[C@@]1(C3)NC(=O)N(c2ccccc2)C1=O.Cc1ccc2c(c1)[C@]13CCN(C)[C@H](C2)[C@]1(O)CC[C@@]1(C3)NC(=O)NC1=O.Ic1ccccc1. The second-order valence-electron chi connectivity index (χ2n) is 20.4. The van der Waals surface area contributed by atoms with E-state index in [0.29, 0.717) is 44.2 Å². The van der Waals surface area contributed by atoms with Gasteiger partial charge in [-0.15, -0.1) is 0 Å². The third kappa shape index (κ3) is 6.64. The summed E-state index contributed by atoms with van der Waals surface area (Å²) in [6.45, 7) is 5.89. The average Bonchev–Trinajstić information content (AvgIpc) is 3.69. The first kappa shape index (κ1) is 44.2. The number of benzene rings is 4. The number of piperidine rings is 2. The monoisotopic (exact) mass is 990 g/mol. The number of nitrogens with one attached hydrogen (secondary N) is 3. The highest BCUT2D eigenvalue weighted by atomic mass is 127. The third-order valence-corrected chi connectivity index (χ3v) is 17.7. The van der Waals surface area contributed by atoms with Gasteiger partial charge in [-0.1, -0.05) is 83.9 Å². The Morgan fingerprint density at radius 3 is 1.58 bits per heavy atom. The fraction of sp³-hybridized carbons (Fsp3) is 0.462. The number of rotatable bonds is 1. The maximum Gasteiger partial charge on any atom is 0.329 e. The molecule has 12 rings (SSSR count). The zero-order valence-electron chi connectivity index (χ0n) is 37.6. The van der Waals surface area contributed by atoms with Crippen LogP contribution in [0.15, 0.2) is 97.1 Å². The molecule has 8 atom stereocenters. The van der Waals surface area contributed by atoms with Crippen molar-refractivity contribution in [3.8, 4) is 0 Å². The van der Waals surface area contributed by atoms with Crippen molar-refractivity contribution < 1.29 is 29.4 Å². The molecule has 4 aliphatic carbocycles. The Hall–Kier alpha value is -4.67. The van der Waals surface area contributed by atoms with E-state index in [1.54, 1.807) is 12.1 Å². The van der Waals surface area contributed by atoms with Crippen LogP contribution in [-0.4, -0.2) is 105 Å².